The van der Waals surface area contributed by atoms with Gasteiger partial charge < -0.3 is 15.5 Å². The molecule has 0 heterocycles. The molecule has 0 aliphatic rings. The number of benzene rings is 2. The van der Waals surface area contributed by atoms with Crippen molar-refractivity contribution in [1.29, 1.82) is 0 Å². The van der Waals surface area contributed by atoms with Gasteiger partial charge in [0.1, 0.15) is 0 Å². The van der Waals surface area contributed by atoms with Gasteiger partial charge >= 0.3 is 0 Å². The number of amides is 3. The largest absolute Gasteiger partial charge is 0.345 e. The van der Waals surface area contributed by atoms with E-state index in [4.69, 9.17) is 0 Å². The van der Waals surface area contributed by atoms with E-state index in [9.17, 15) is 14.4 Å². The molecule has 6 heteroatoms. The zero-order valence-electron chi connectivity index (χ0n) is 13.8. The molecule has 0 aromatic heterocycles. The number of nitrogens with zero attached hydrogens (tertiary/aromatic N) is 1. The standard InChI is InChI=1S/C18H19N3O3/c1-12(22)19-15-8-4-6-13(10-15)17(23)20-16-9-5-7-14(11-16)18(24)21(2)3/h4-11H,1-3H3,(H,19,22)(H,20,23). The minimum atomic E-state index is -0.323. The predicted octanol–water partition coefficient (Wildman–Crippen LogP) is 2.60. The normalized spacial score (nSPS) is 9.96. The highest BCUT2D eigenvalue weighted by Gasteiger charge is 2.11. The maximum atomic E-state index is 12.3. The Hall–Kier alpha value is -3.15. The van der Waals surface area contributed by atoms with E-state index in [0.29, 0.717) is 22.5 Å². The Morgan fingerprint density at radius 3 is 1.96 bits per heavy atom. The third kappa shape index (κ3) is 4.42. The van der Waals surface area contributed by atoms with Gasteiger partial charge in [0.15, 0.2) is 0 Å². The first-order valence-electron chi connectivity index (χ1n) is 7.37. The van der Waals surface area contributed by atoms with Gasteiger partial charge in [0.25, 0.3) is 11.8 Å². The Labute approximate surface area is 140 Å². The van der Waals surface area contributed by atoms with Crippen LogP contribution in [0.2, 0.25) is 0 Å². The number of hydrogen-bond donors (Lipinski definition) is 2. The lowest BCUT2D eigenvalue weighted by Crippen LogP contribution is -2.22. The summed E-state index contributed by atoms with van der Waals surface area (Å²) in [5, 5.41) is 5.38. The molecule has 6 nitrogen and oxygen atoms in total. The number of carbonyl (C=O) groups is 3. The summed E-state index contributed by atoms with van der Waals surface area (Å²) in [5.41, 5.74) is 1.97. The Balaban J connectivity index is 2.16. The summed E-state index contributed by atoms with van der Waals surface area (Å²) in [4.78, 5) is 36.9. The van der Waals surface area contributed by atoms with Crippen LogP contribution in [-0.4, -0.2) is 36.7 Å². The Morgan fingerprint density at radius 2 is 1.38 bits per heavy atom. The van der Waals surface area contributed by atoms with E-state index in [-0.39, 0.29) is 17.7 Å². The van der Waals surface area contributed by atoms with Gasteiger partial charge in [-0.25, -0.2) is 0 Å². The number of rotatable bonds is 4. The van der Waals surface area contributed by atoms with Crippen molar-refractivity contribution >= 4 is 29.1 Å². The van der Waals surface area contributed by atoms with Crippen molar-refractivity contribution in [1.82, 2.24) is 4.90 Å². The van der Waals surface area contributed by atoms with Gasteiger partial charge in [-0.2, -0.15) is 0 Å². The smallest absolute Gasteiger partial charge is 0.255 e. The van der Waals surface area contributed by atoms with Crippen LogP contribution >= 0.6 is 0 Å². The summed E-state index contributed by atoms with van der Waals surface area (Å²) < 4.78 is 0. The van der Waals surface area contributed by atoms with E-state index < -0.39 is 0 Å². The maximum Gasteiger partial charge on any atom is 0.255 e. The summed E-state index contributed by atoms with van der Waals surface area (Å²) in [6, 6.07) is 13.4. The topological polar surface area (TPSA) is 78.5 Å². The maximum absolute atomic E-state index is 12.3. The van der Waals surface area contributed by atoms with Gasteiger partial charge in [0.05, 0.1) is 0 Å². The average molecular weight is 325 g/mol. The van der Waals surface area contributed by atoms with Gasteiger partial charge in [-0.1, -0.05) is 12.1 Å². The summed E-state index contributed by atoms with van der Waals surface area (Å²) in [6.45, 7) is 1.40. The molecule has 0 radical (unpaired) electrons. The van der Waals surface area contributed by atoms with Crippen molar-refractivity contribution in [2.24, 2.45) is 0 Å². The first-order valence-corrected chi connectivity index (χ1v) is 7.37. The Morgan fingerprint density at radius 1 is 0.833 bits per heavy atom. The highest BCUT2D eigenvalue weighted by Crippen LogP contribution is 2.15. The highest BCUT2D eigenvalue weighted by molar-refractivity contribution is 6.06. The van der Waals surface area contributed by atoms with Crippen LogP contribution in [0.1, 0.15) is 27.6 Å². The first kappa shape index (κ1) is 17.2. The van der Waals surface area contributed by atoms with Crippen LogP contribution in [-0.2, 0) is 4.79 Å². The fourth-order valence-corrected chi connectivity index (χ4v) is 2.13. The molecular formula is C18H19N3O3. The van der Waals surface area contributed by atoms with E-state index in [1.54, 1.807) is 62.6 Å². The minimum absolute atomic E-state index is 0.140. The summed E-state index contributed by atoms with van der Waals surface area (Å²) in [7, 11) is 3.34. The van der Waals surface area contributed by atoms with E-state index in [0.717, 1.165) is 0 Å². The molecule has 0 unspecified atom stereocenters. The van der Waals surface area contributed by atoms with Crippen LogP contribution in [0.15, 0.2) is 48.5 Å². The third-order valence-corrected chi connectivity index (χ3v) is 3.22. The van der Waals surface area contributed by atoms with Crippen molar-refractivity contribution in [2.45, 2.75) is 6.92 Å². The summed E-state index contributed by atoms with van der Waals surface area (Å²) in [6.07, 6.45) is 0. The molecule has 0 saturated carbocycles. The molecule has 0 bridgehead atoms. The summed E-state index contributed by atoms with van der Waals surface area (Å²) >= 11 is 0. The molecule has 0 aliphatic carbocycles. The molecule has 2 aromatic carbocycles. The molecule has 3 amide bonds. The van der Waals surface area contributed by atoms with E-state index >= 15 is 0 Å². The van der Waals surface area contributed by atoms with Crippen LogP contribution in [0, 0.1) is 0 Å². The van der Waals surface area contributed by atoms with Gasteiger partial charge in [0, 0.05) is 43.5 Å². The van der Waals surface area contributed by atoms with Crippen LogP contribution in [0.5, 0.6) is 0 Å². The first-order chi connectivity index (χ1) is 11.4. The lowest BCUT2D eigenvalue weighted by molar-refractivity contribution is -0.114. The summed E-state index contributed by atoms with van der Waals surface area (Å²) in [5.74, 6) is -0.669. The zero-order chi connectivity index (χ0) is 17.7. The van der Waals surface area contributed by atoms with Crippen molar-refractivity contribution in [3.05, 3.63) is 59.7 Å². The molecule has 0 saturated heterocycles. The molecule has 2 rings (SSSR count). The third-order valence-electron chi connectivity index (χ3n) is 3.22. The van der Waals surface area contributed by atoms with Gasteiger partial charge in [-0.3, -0.25) is 14.4 Å². The van der Waals surface area contributed by atoms with Crippen molar-refractivity contribution in [3.8, 4) is 0 Å². The second-order valence-electron chi connectivity index (χ2n) is 5.50. The van der Waals surface area contributed by atoms with E-state index in [1.165, 1.54) is 11.8 Å². The molecule has 0 atom stereocenters. The molecule has 124 valence electrons. The Kier molecular flexibility index (Phi) is 5.31. The molecule has 0 spiro atoms. The number of carbonyl (C=O) groups excluding carboxylic acids is 3. The average Bonchev–Trinajstić information content (AvgIpc) is 2.54. The molecule has 24 heavy (non-hydrogen) atoms. The van der Waals surface area contributed by atoms with Crippen molar-refractivity contribution in [3.63, 3.8) is 0 Å². The van der Waals surface area contributed by atoms with Crippen LogP contribution in [0.25, 0.3) is 0 Å². The lowest BCUT2D eigenvalue weighted by atomic mass is 10.1. The second-order valence-corrected chi connectivity index (χ2v) is 5.50. The molecule has 2 aromatic rings. The SMILES string of the molecule is CC(=O)Nc1cccc(C(=O)Nc2cccc(C(=O)N(C)C)c2)c1. The monoisotopic (exact) mass is 325 g/mol. The highest BCUT2D eigenvalue weighted by atomic mass is 16.2. The lowest BCUT2D eigenvalue weighted by Gasteiger charge is -2.12. The fraction of sp³-hybridized carbons (Fsp3) is 0.167. The fourth-order valence-electron chi connectivity index (χ4n) is 2.13. The molecule has 0 fully saturated rings. The number of hydrogen-bond acceptors (Lipinski definition) is 3. The van der Waals surface area contributed by atoms with E-state index in [2.05, 4.69) is 10.6 Å². The number of nitrogens with one attached hydrogen (secondary N) is 2. The van der Waals surface area contributed by atoms with Crippen molar-refractivity contribution in [2.75, 3.05) is 24.7 Å². The molecule has 2 N–H and O–H groups in total. The minimum Gasteiger partial charge on any atom is -0.345 e. The second kappa shape index (κ2) is 7.41. The Bertz CT molecular complexity index is 785. The zero-order valence-corrected chi connectivity index (χ0v) is 13.8. The van der Waals surface area contributed by atoms with Gasteiger partial charge in [0.2, 0.25) is 5.91 Å². The number of anilines is 2. The van der Waals surface area contributed by atoms with Crippen molar-refractivity contribution < 1.29 is 14.4 Å². The molecule has 0 aliphatic heterocycles. The van der Waals surface area contributed by atoms with Crippen LogP contribution < -0.4 is 10.6 Å². The van der Waals surface area contributed by atoms with Crippen LogP contribution in [0.4, 0.5) is 11.4 Å². The van der Waals surface area contributed by atoms with Gasteiger partial charge in [-0.15, -0.1) is 0 Å². The predicted molar refractivity (Wildman–Crippen MR) is 93.2 cm³/mol. The quantitative estimate of drug-likeness (QED) is 0.907. The van der Waals surface area contributed by atoms with Gasteiger partial charge in [-0.05, 0) is 36.4 Å². The van der Waals surface area contributed by atoms with Crippen LogP contribution in [0.3, 0.4) is 0 Å². The van der Waals surface area contributed by atoms with E-state index in [1.807, 2.05) is 0 Å². The molecular weight excluding hydrogens is 306 g/mol.